The summed E-state index contributed by atoms with van der Waals surface area (Å²) in [7, 11) is 1.71. The van der Waals surface area contributed by atoms with E-state index in [9.17, 15) is 0 Å². The molecule has 14 heavy (non-hydrogen) atoms. The predicted molar refractivity (Wildman–Crippen MR) is 63.2 cm³/mol. The Labute approximate surface area is 88.2 Å². The Morgan fingerprint density at radius 2 is 2.00 bits per heavy atom. The highest BCUT2D eigenvalue weighted by molar-refractivity contribution is 5.20. The zero-order valence-corrected chi connectivity index (χ0v) is 9.84. The van der Waals surface area contributed by atoms with Crippen LogP contribution in [-0.2, 0) is 4.74 Å². The Hall–Kier alpha value is -0.980. The number of methoxy groups -OCH3 is 1. The molecule has 0 heterocycles. The fourth-order valence-corrected chi connectivity index (χ4v) is 1.26. The third-order valence-electron chi connectivity index (χ3n) is 2.08. The molecule has 0 saturated carbocycles. The van der Waals surface area contributed by atoms with Gasteiger partial charge in [0.1, 0.15) is 5.76 Å². The van der Waals surface area contributed by atoms with Crippen LogP contribution in [0.25, 0.3) is 0 Å². The molecule has 1 rings (SSSR count). The van der Waals surface area contributed by atoms with Crippen molar-refractivity contribution < 1.29 is 4.74 Å². The van der Waals surface area contributed by atoms with Crippen molar-refractivity contribution in [2.75, 3.05) is 7.11 Å². The van der Waals surface area contributed by atoms with Gasteiger partial charge in [0.05, 0.1) is 7.11 Å². The lowest BCUT2D eigenvalue weighted by Crippen LogP contribution is -1.86. The van der Waals surface area contributed by atoms with Gasteiger partial charge in [-0.05, 0) is 31.4 Å². The minimum atomic E-state index is 0.974. The standard InChI is InChI=1S/C11H16O.C2H6/c1-3-10-6-4-8-11(12-2)9-5-7-10;1-2/h4,7-9H,3,5-6H2,1-2H3;1-2H3/b8-4?,10-7-,11-9+;. The first-order valence-corrected chi connectivity index (χ1v) is 5.45. The van der Waals surface area contributed by atoms with Gasteiger partial charge in [0.15, 0.2) is 0 Å². The highest BCUT2D eigenvalue weighted by Gasteiger charge is 1.95. The molecule has 0 bridgehead atoms. The van der Waals surface area contributed by atoms with E-state index < -0.39 is 0 Å². The van der Waals surface area contributed by atoms with Crippen LogP contribution in [0.5, 0.6) is 0 Å². The zero-order chi connectivity index (χ0) is 10.8. The lowest BCUT2D eigenvalue weighted by molar-refractivity contribution is 0.305. The molecule has 0 unspecified atom stereocenters. The van der Waals surface area contributed by atoms with Crippen molar-refractivity contribution in [3.8, 4) is 0 Å². The molecule has 1 aliphatic rings. The Morgan fingerprint density at radius 3 is 2.57 bits per heavy atom. The fourth-order valence-electron chi connectivity index (χ4n) is 1.26. The molecule has 0 N–H and O–H groups in total. The van der Waals surface area contributed by atoms with Crippen molar-refractivity contribution in [1.29, 1.82) is 0 Å². The molecule has 0 radical (unpaired) electrons. The van der Waals surface area contributed by atoms with E-state index in [1.807, 2.05) is 19.9 Å². The van der Waals surface area contributed by atoms with Crippen LogP contribution in [0.2, 0.25) is 0 Å². The summed E-state index contributed by atoms with van der Waals surface area (Å²) in [6.07, 6.45) is 11.8. The number of rotatable bonds is 2. The molecule has 0 atom stereocenters. The van der Waals surface area contributed by atoms with Gasteiger partial charge in [-0.3, -0.25) is 0 Å². The first-order valence-electron chi connectivity index (χ1n) is 5.45. The minimum absolute atomic E-state index is 0.974. The quantitative estimate of drug-likeness (QED) is 0.598. The molecule has 1 aliphatic carbocycles. The second-order valence-corrected chi connectivity index (χ2v) is 2.87. The van der Waals surface area contributed by atoms with Crippen LogP contribution in [0.4, 0.5) is 0 Å². The average molecular weight is 194 g/mol. The number of hydrogen-bond acceptors (Lipinski definition) is 1. The lowest BCUT2D eigenvalue weighted by Gasteiger charge is -2.05. The Bertz CT molecular complexity index is 221. The van der Waals surface area contributed by atoms with Crippen molar-refractivity contribution in [2.45, 2.75) is 40.0 Å². The molecular formula is C13H22O. The molecule has 0 fully saturated rings. The summed E-state index contributed by atoms with van der Waals surface area (Å²) in [6, 6.07) is 0. The highest BCUT2D eigenvalue weighted by Crippen LogP contribution is 2.13. The van der Waals surface area contributed by atoms with Gasteiger partial charge in [0.2, 0.25) is 0 Å². The van der Waals surface area contributed by atoms with Gasteiger partial charge in [-0.25, -0.2) is 0 Å². The topological polar surface area (TPSA) is 9.23 Å². The van der Waals surface area contributed by atoms with E-state index in [4.69, 9.17) is 4.74 Å². The van der Waals surface area contributed by atoms with Crippen LogP contribution < -0.4 is 0 Å². The van der Waals surface area contributed by atoms with Crippen LogP contribution in [0.1, 0.15) is 40.0 Å². The van der Waals surface area contributed by atoms with Gasteiger partial charge in [-0.15, -0.1) is 0 Å². The minimum Gasteiger partial charge on any atom is -0.497 e. The smallest absolute Gasteiger partial charge is 0.114 e. The molecule has 80 valence electrons. The second-order valence-electron chi connectivity index (χ2n) is 2.87. The molecule has 0 aliphatic heterocycles. The largest absolute Gasteiger partial charge is 0.497 e. The number of ether oxygens (including phenoxy) is 1. The Balaban J connectivity index is 0.000000791. The zero-order valence-electron chi connectivity index (χ0n) is 9.84. The highest BCUT2D eigenvalue weighted by atomic mass is 16.5. The Kier molecular flexibility index (Phi) is 8.01. The Morgan fingerprint density at radius 1 is 1.29 bits per heavy atom. The monoisotopic (exact) mass is 194 g/mol. The predicted octanol–water partition coefficient (Wildman–Crippen LogP) is 4.23. The normalized spacial score (nSPS) is 22.9. The SMILES string of the molecule is CC.CC/C1=C/C/C=C(/OC)C=CC1. The van der Waals surface area contributed by atoms with E-state index in [0.29, 0.717) is 0 Å². The van der Waals surface area contributed by atoms with E-state index >= 15 is 0 Å². The molecule has 1 heteroatoms. The van der Waals surface area contributed by atoms with Crippen molar-refractivity contribution in [3.63, 3.8) is 0 Å². The first-order chi connectivity index (χ1) is 6.86. The van der Waals surface area contributed by atoms with E-state index in [0.717, 1.165) is 25.0 Å². The molecule has 0 spiro atoms. The maximum atomic E-state index is 5.14. The lowest BCUT2D eigenvalue weighted by atomic mass is 10.1. The summed E-state index contributed by atoms with van der Waals surface area (Å²) in [5, 5.41) is 0. The number of allylic oxidation sites excluding steroid dienone is 5. The molecule has 0 aromatic carbocycles. The second kappa shape index (κ2) is 8.61. The third-order valence-corrected chi connectivity index (χ3v) is 2.08. The van der Waals surface area contributed by atoms with Crippen LogP contribution in [0, 0.1) is 0 Å². The van der Waals surface area contributed by atoms with Gasteiger partial charge in [0.25, 0.3) is 0 Å². The van der Waals surface area contributed by atoms with Crippen molar-refractivity contribution in [3.05, 3.63) is 35.6 Å². The summed E-state index contributed by atoms with van der Waals surface area (Å²) in [6.45, 7) is 6.20. The third kappa shape index (κ3) is 4.90. The summed E-state index contributed by atoms with van der Waals surface area (Å²) < 4.78 is 5.14. The molecule has 0 aromatic heterocycles. The van der Waals surface area contributed by atoms with E-state index in [-0.39, 0.29) is 0 Å². The van der Waals surface area contributed by atoms with E-state index in [1.165, 1.54) is 5.57 Å². The maximum absolute atomic E-state index is 5.14. The first kappa shape index (κ1) is 13.0. The molecular weight excluding hydrogens is 172 g/mol. The van der Waals surface area contributed by atoms with Gasteiger partial charge in [-0.2, -0.15) is 0 Å². The number of hydrogen-bond donors (Lipinski definition) is 0. The van der Waals surface area contributed by atoms with Crippen molar-refractivity contribution in [2.24, 2.45) is 0 Å². The van der Waals surface area contributed by atoms with E-state index in [1.54, 1.807) is 7.11 Å². The average Bonchev–Trinajstić information content (AvgIpc) is 2.21. The fraction of sp³-hybridized carbons (Fsp3) is 0.538. The van der Waals surface area contributed by atoms with Crippen LogP contribution >= 0.6 is 0 Å². The van der Waals surface area contributed by atoms with Gasteiger partial charge >= 0.3 is 0 Å². The summed E-state index contributed by atoms with van der Waals surface area (Å²) >= 11 is 0. The van der Waals surface area contributed by atoms with Gasteiger partial charge in [-0.1, -0.05) is 38.5 Å². The summed E-state index contributed by atoms with van der Waals surface area (Å²) in [5.41, 5.74) is 1.51. The van der Waals surface area contributed by atoms with Crippen LogP contribution in [0.15, 0.2) is 35.6 Å². The van der Waals surface area contributed by atoms with Crippen LogP contribution in [-0.4, -0.2) is 7.11 Å². The van der Waals surface area contributed by atoms with Crippen molar-refractivity contribution >= 4 is 0 Å². The van der Waals surface area contributed by atoms with Gasteiger partial charge < -0.3 is 4.74 Å². The molecule has 0 saturated heterocycles. The molecule has 0 amide bonds. The van der Waals surface area contributed by atoms with E-state index in [2.05, 4.69) is 25.2 Å². The molecule has 1 nitrogen and oxygen atoms in total. The van der Waals surface area contributed by atoms with Crippen molar-refractivity contribution in [1.82, 2.24) is 0 Å². The summed E-state index contributed by atoms with van der Waals surface area (Å²) in [5.74, 6) is 0.974. The maximum Gasteiger partial charge on any atom is 0.114 e. The van der Waals surface area contributed by atoms with Crippen LogP contribution in [0.3, 0.4) is 0 Å². The van der Waals surface area contributed by atoms with Gasteiger partial charge in [0, 0.05) is 0 Å². The summed E-state index contributed by atoms with van der Waals surface area (Å²) in [4.78, 5) is 0. The molecule has 0 aromatic rings.